The second-order valence-corrected chi connectivity index (χ2v) is 4.55. The number of alkyl halides is 3. The summed E-state index contributed by atoms with van der Waals surface area (Å²) in [5.74, 6) is 0.507. The van der Waals surface area contributed by atoms with Gasteiger partial charge in [-0.25, -0.2) is 0 Å². The number of hydrogen-bond donors (Lipinski definition) is 0. The molecule has 0 heterocycles. The van der Waals surface area contributed by atoms with Crippen LogP contribution in [0.1, 0.15) is 69.2 Å². The zero-order chi connectivity index (χ0) is 16.2. The first-order valence-corrected chi connectivity index (χ1v) is 6.46. The first-order valence-electron chi connectivity index (χ1n) is 6.46. The van der Waals surface area contributed by atoms with Crippen molar-refractivity contribution in [2.24, 2.45) is 11.3 Å². The van der Waals surface area contributed by atoms with E-state index in [0.29, 0.717) is 5.78 Å². The van der Waals surface area contributed by atoms with E-state index in [9.17, 15) is 18.0 Å². The standard InChI is InChI=1S/C8H16O.C2H3F3.2C2H6/c1-6(2)7(9)8(3,4)5;1-2(3,4)5;2*1-2/h6H,1-5H3;1H3;2*1-2H3. The SMILES string of the molecule is CC.CC.CC(C)C(=O)C(C)(C)C.CC(F)(F)F. The smallest absolute Gasteiger partial charge is 0.299 e. The lowest BCUT2D eigenvalue weighted by Crippen LogP contribution is -2.24. The van der Waals surface area contributed by atoms with Gasteiger partial charge in [0.25, 0.3) is 0 Å². The molecule has 0 unspecified atom stereocenters. The van der Waals surface area contributed by atoms with Crippen molar-refractivity contribution in [2.75, 3.05) is 0 Å². The molecular formula is C14H31F3O. The Morgan fingerprint density at radius 1 is 0.833 bits per heavy atom. The summed E-state index contributed by atoms with van der Waals surface area (Å²) in [4.78, 5) is 11.2. The Balaban J connectivity index is -0.0000000925. The van der Waals surface area contributed by atoms with Crippen LogP contribution in [0.15, 0.2) is 0 Å². The average molecular weight is 272 g/mol. The first-order chi connectivity index (χ1) is 7.85. The van der Waals surface area contributed by atoms with E-state index in [0.717, 1.165) is 0 Å². The van der Waals surface area contributed by atoms with E-state index in [2.05, 4.69) is 0 Å². The molecule has 0 aliphatic carbocycles. The Bertz CT molecular complexity index is 170. The molecule has 0 amide bonds. The van der Waals surface area contributed by atoms with Gasteiger partial charge in [0.1, 0.15) is 5.78 Å². The van der Waals surface area contributed by atoms with Gasteiger partial charge in [-0.3, -0.25) is 4.79 Å². The minimum absolute atomic E-state index is 0.159. The Labute approximate surface area is 111 Å². The van der Waals surface area contributed by atoms with E-state index < -0.39 is 6.18 Å². The maximum atomic E-state index is 11.2. The molecule has 18 heavy (non-hydrogen) atoms. The lowest BCUT2D eigenvalue weighted by Gasteiger charge is -2.18. The fraction of sp³-hybridized carbons (Fsp3) is 0.929. The van der Waals surface area contributed by atoms with Gasteiger partial charge in [-0.1, -0.05) is 62.3 Å². The molecule has 0 N–H and O–H groups in total. The summed E-state index contributed by atoms with van der Waals surface area (Å²) in [7, 11) is 0. The normalized spacial score (nSPS) is 10.1. The second kappa shape index (κ2) is 12.9. The highest BCUT2D eigenvalue weighted by Crippen LogP contribution is 2.19. The van der Waals surface area contributed by atoms with E-state index in [1.807, 2.05) is 62.3 Å². The van der Waals surface area contributed by atoms with Crippen molar-refractivity contribution in [1.29, 1.82) is 0 Å². The Morgan fingerprint density at radius 2 is 1.00 bits per heavy atom. The molecule has 0 aliphatic heterocycles. The van der Waals surface area contributed by atoms with Crippen LogP contribution in [0.4, 0.5) is 13.2 Å². The van der Waals surface area contributed by atoms with Crippen LogP contribution in [0.2, 0.25) is 0 Å². The van der Waals surface area contributed by atoms with E-state index >= 15 is 0 Å². The third kappa shape index (κ3) is 36.1. The molecule has 0 fully saturated rings. The van der Waals surface area contributed by atoms with Crippen molar-refractivity contribution < 1.29 is 18.0 Å². The molecule has 0 aliphatic rings. The largest absolute Gasteiger partial charge is 0.386 e. The summed E-state index contributed by atoms with van der Waals surface area (Å²) >= 11 is 0. The molecule has 114 valence electrons. The van der Waals surface area contributed by atoms with Gasteiger partial charge in [0.05, 0.1) is 0 Å². The maximum absolute atomic E-state index is 11.2. The molecule has 0 atom stereocenters. The summed E-state index contributed by atoms with van der Waals surface area (Å²) in [5, 5.41) is 0. The van der Waals surface area contributed by atoms with Gasteiger partial charge in [0.2, 0.25) is 0 Å². The number of halogens is 3. The summed E-state index contributed by atoms with van der Waals surface area (Å²) in [6.45, 7) is 17.9. The monoisotopic (exact) mass is 272 g/mol. The lowest BCUT2D eigenvalue weighted by molar-refractivity contribution is -0.129. The number of rotatable bonds is 1. The lowest BCUT2D eigenvalue weighted by atomic mass is 9.85. The summed E-state index contributed by atoms with van der Waals surface area (Å²) in [6.07, 6.45) is -4.00. The van der Waals surface area contributed by atoms with Crippen LogP contribution in [0, 0.1) is 11.3 Å². The van der Waals surface area contributed by atoms with Crippen molar-refractivity contribution in [3.05, 3.63) is 0 Å². The molecular weight excluding hydrogens is 241 g/mol. The van der Waals surface area contributed by atoms with Crippen LogP contribution in [0.5, 0.6) is 0 Å². The van der Waals surface area contributed by atoms with Crippen molar-refractivity contribution in [1.82, 2.24) is 0 Å². The van der Waals surface area contributed by atoms with Crippen molar-refractivity contribution in [3.63, 3.8) is 0 Å². The van der Waals surface area contributed by atoms with Crippen molar-refractivity contribution in [3.8, 4) is 0 Å². The Hall–Kier alpha value is -0.540. The fourth-order valence-corrected chi connectivity index (χ4v) is 0.866. The highest BCUT2D eigenvalue weighted by atomic mass is 19.4. The highest BCUT2D eigenvalue weighted by Gasteiger charge is 2.23. The molecule has 0 rings (SSSR count). The summed E-state index contributed by atoms with van der Waals surface area (Å²) < 4.78 is 31.1. The van der Waals surface area contributed by atoms with Crippen LogP contribution in [-0.4, -0.2) is 12.0 Å². The topological polar surface area (TPSA) is 17.1 Å². The molecule has 0 radical (unpaired) electrons. The fourth-order valence-electron chi connectivity index (χ4n) is 0.866. The molecule has 0 aromatic carbocycles. The van der Waals surface area contributed by atoms with Crippen molar-refractivity contribution in [2.45, 2.75) is 75.4 Å². The van der Waals surface area contributed by atoms with E-state index in [1.165, 1.54) is 0 Å². The molecule has 0 saturated heterocycles. The van der Waals surface area contributed by atoms with Gasteiger partial charge < -0.3 is 0 Å². The predicted molar refractivity (Wildman–Crippen MR) is 73.7 cm³/mol. The van der Waals surface area contributed by atoms with E-state index in [4.69, 9.17) is 0 Å². The van der Waals surface area contributed by atoms with Gasteiger partial charge in [0, 0.05) is 18.3 Å². The third-order valence-corrected chi connectivity index (χ3v) is 1.26. The second-order valence-electron chi connectivity index (χ2n) is 4.55. The molecule has 0 bridgehead atoms. The minimum atomic E-state index is -4.00. The zero-order valence-corrected chi connectivity index (χ0v) is 13.6. The van der Waals surface area contributed by atoms with Gasteiger partial charge in [-0.15, -0.1) is 0 Å². The van der Waals surface area contributed by atoms with Gasteiger partial charge in [0.15, 0.2) is 0 Å². The number of carbonyl (C=O) groups excluding carboxylic acids is 1. The van der Waals surface area contributed by atoms with Crippen LogP contribution in [0.3, 0.4) is 0 Å². The average Bonchev–Trinajstić information content (AvgIpc) is 2.19. The molecule has 4 heteroatoms. The number of ketones is 1. The van der Waals surface area contributed by atoms with E-state index in [1.54, 1.807) is 0 Å². The summed E-state index contributed by atoms with van der Waals surface area (Å²) in [5.41, 5.74) is -0.159. The minimum Gasteiger partial charge on any atom is -0.299 e. The van der Waals surface area contributed by atoms with E-state index in [-0.39, 0.29) is 18.3 Å². The Kier molecular flexibility index (Phi) is 18.7. The van der Waals surface area contributed by atoms with Gasteiger partial charge in [-0.2, -0.15) is 13.2 Å². The maximum Gasteiger partial charge on any atom is 0.386 e. The molecule has 0 saturated carbocycles. The number of hydrogen-bond acceptors (Lipinski definition) is 1. The third-order valence-electron chi connectivity index (χ3n) is 1.26. The zero-order valence-electron chi connectivity index (χ0n) is 13.6. The predicted octanol–water partition coefficient (Wildman–Crippen LogP) is 5.88. The first kappa shape index (κ1) is 26.1. The van der Waals surface area contributed by atoms with Crippen molar-refractivity contribution >= 4 is 5.78 Å². The Morgan fingerprint density at radius 3 is 1.00 bits per heavy atom. The molecule has 0 aromatic rings. The molecule has 0 aromatic heterocycles. The summed E-state index contributed by atoms with van der Waals surface area (Å²) in [6, 6.07) is 0. The molecule has 1 nitrogen and oxygen atoms in total. The van der Waals surface area contributed by atoms with Crippen LogP contribution >= 0.6 is 0 Å². The van der Waals surface area contributed by atoms with Crippen LogP contribution in [0.25, 0.3) is 0 Å². The number of Topliss-reactive ketones (excluding diaryl/α,β-unsaturated/α-hetero) is 1. The van der Waals surface area contributed by atoms with Gasteiger partial charge in [-0.05, 0) is 0 Å². The molecule has 0 spiro atoms. The highest BCUT2D eigenvalue weighted by molar-refractivity contribution is 5.85. The quantitative estimate of drug-likeness (QED) is 0.582. The van der Waals surface area contributed by atoms with Crippen LogP contribution < -0.4 is 0 Å². The number of carbonyl (C=O) groups is 1. The van der Waals surface area contributed by atoms with Crippen LogP contribution in [-0.2, 0) is 4.79 Å². The van der Waals surface area contributed by atoms with Gasteiger partial charge >= 0.3 is 6.18 Å².